The Morgan fingerprint density at radius 2 is 1.67 bits per heavy atom. The van der Waals surface area contributed by atoms with Crippen LogP contribution >= 0.6 is 23.2 Å². The molecule has 0 heterocycles. The summed E-state index contributed by atoms with van der Waals surface area (Å²) in [7, 11) is 0. The van der Waals surface area contributed by atoms with Gasteiger partial charge in [0.2, 0.25) is 0 Å². The van der Waals surface area contributed by atoms with Crippen molar-refractivity contribution < 1.29 is 13.9 Å². The van der Waals surface area contributed by atoms with Crippen molar-refractivity contribution in [3.05, 3.63) is 69.2 Å². The molecular weight excluding hydrogens is 281 g/mol. The van der Waals surface area contributed by atoms with Gasteiger partial charge in [-0.25, -0.2) is 8.78 Å². The summed E-state index contributed by atoms with van der Waals surface area (Å²) in [5.41, 5.74) is 0.218. The van der Waals surface area contributed by atoms with Gasteiger partial charge in [-0.05, 0) is 24.3 Å². The lowest BCUT2D eigenvalue weighted by molar-refractivity contribution is 0.215. The highest BCUT2D eigenvalue weighted by Gasteiger charge is 2.18. The fraction of sp³-hybridized carbons (Fsp3) is 0.0769. The lowest BCUT2D eigenvalue weighted by Gasteiger charge is -2.14. The first-order valence-corrected chi connectivity index (χ1v) is 5.82. The molecule has 0 aromatic heterocycles. The molecule has 1 unspecified atom stereocenters. The van der Waals surface area contributed by atoms with Gasteiger partial charge < -0.3 is 5.11 Å². The average molecular weight is 289 g/mol. The van der Waals surface area contributed by atoms with Gasteiger partial charge in [0.1, 0.15) is 17.7 Å². The van der Waals surface area contributed by atoms with Crippen LogP contribution in [0.15, 0.2) is 36.4 Å². The van der Waals surface area contributed by atoms with Crippen LogP contribution in [0.25, 0.3) is 0 Å². The van der Waals surface area contributed by atoms with Crippen molar-refractivity contribution in [1.82, 2.24) is 0 Å². The zero-order valence-electron chi connectivity index (χ0n) is 9.00. The van der Waals surface area contributed by atoms with E-state index in [1.165, 1.54) is 18.2 Å². The summed E-state index contributed by atoms with van der Waals surface area (Å²) in [4.78, 5) is 0. The zero-order valence-corrected chi connectivity index (χ0v) is 10.5. The molecule has 0 saturated carbocycles. The third-order valence-corrected chi connectivity index (χ3v) is 3.09. The van der Waals surface area contributed by atoms with E-state index in [1.54, 1.807) is 6.07 Å². The minimum atomic E-state index is -1.29. The van der Waals surface area contributed by atoms with E-state index in [2.05, 4.69) is 0 Å². The molecule has 1 atom stereocenters. The van der Waals surface area contributed by atoms with Crippen molar-refractivity contribution in [2.45, 2.75) is 6.10 Å². The van der Waals surface area contributed by atoms with Crippen LogP contribution in [0, 0.1) is 11.6 Å². The quantitative estimate of drug-likeness (QED) is 0.871. The minimum Gasteiger partial charge on any atom is -0.383 e. The summed E-state index contributed by atoms with van der Waals surface area (Å²) in [5, 5.41) is 10.7. The molecule has 0 aliphatic carbocycles. The number of hydrogen-bond donors (Lipinski definition) is 1. The first-order valence-electron chi connectivity index (χ1n) is 5.07. The van der Waals surface area contributed by atoms with Gasteiger partial charge in [0.25, 0.3) is 0 Å². The van der Waals surface area contributed by atoms with E-state index >= 15 is 0 Å². The van der Waals surface area contributed by atoms with Crippen LogP contribution in [-0.4, -0.2) is 5.11 Å². The van der Waals surface area contributed by atoms with Crippen molar-refractivity contribution in [2.75, 3.05) is 0 Å². The summed E-state index contributed by atoms with van der Waals surface area (Å²) in [6.45, 7) is 0. The zero-order chi connectivity index (χ0) is 13.3. The molecule has 1 nitrogen and oxygen atoms in total. The molecule has 0 amide bonds. The number of aliphatic hydroxyl groups is 1. The lowest BCUT2D eigenvalue weighted by Crippen LogP contribution is -2.03. The van der Waals surface area contributed by atoms with Gasteiger partial charge in [0, 0.05) is 27.2 Å². The Morgan fingerprint density at radius 1 is 0.944 bits per heavy atom. The first kappa shape index (κ1) is 13.3. The van der Waals surface area contributed by atoms with E-state index in [4.69, 9.17) is 23.2 Å². The van der Waals surface area contributed by atoms with Gasteiger partial charge in [0.15, 0.2) is 0 Å². The number of hydrogen-bond acceptors (Lipinski definition) is 1. The Morgan fingerprint density at radius 3 is 2.33 bits per heavy atom. The number of benzene rings is 2. The Labute approximate surface area is 113 Å². The summed E-state index contributed by atoms with van der Waals surface area (Å²) >= 11 is 11.7. The fourth-order valence-electron chi connectivity index (χ4n) is 1.61. The maximum atomic E-state index is 13.5. The van der Waals surface area contributed by atoms with Crippen LogP contribution in [-0.2, 0) is 0 Å². The molecular formula is C13H8Cl2F2O. The number of aliphatic hydroxyl groups excluding tert-OH is 1. The third kappa shape index (κ3) is 2.64. The fourth-order valence-corrected chi connectivity index (χ4v) is 2.02. The molecule has 0 radical (unpaired) electrons. The van der Waals surface area contributed by atoms with Crippen LogP contribution < -0.4 is 0 Å². The second-order valence-electron chi connectivity index (χ2n) is 3.73. The van der Waals surface area contributed by atoms with Crippen molar-refractivity contribution in [1.29, 1.82) is 0 Å². The Bertz CT molecular complexity index is 587. The van der Waals surface area contributed by atoms with Gasteiger partial charge in [0.05, 0.1) is 0 Å². The molecule has 0 saturated heterocycles. The normalized spacial score (nSPS) is 12.5. The monoisotopic (exact) mass is 288 g/mol. The third-order valence-electron chi connectivity index (χ3n) is 2.51. The van der Waals surface area contributed by atoms with Crippen molar-refractivity contribution >= 4 is 23.2 Å². The van der Waals surface area contributed by atoms with E-state index in [-0.39, 0.29) is 16.1 Å². The van der Waals surface area contributed by atoms with E-state index in [9.17, 15) is 13.9 Å². The summed E-state index contributed by atoms with van der Waals surface area (Å²) in [5.74, 6) is -1.54. The highest BCUT2D eigenvalue weighted by molar-refractivity contribution is 6.33. The van der Waals surface area contributed by atoms with Crippen molar-refractivity contribution in [3.8, 4) is 0 Å². The largest absolute Gasteiger partial charge is 0.383 e. The van der Waals surface area contributed by atoms with Crippen molar-refractivity contribution in [3.63, 3.8) is 0 Å². The number of halogens is 4. The second kappa shape index (κ2) is 5.22. The average Bonchev–Trinajstić information content (AvgIpc) is 2.31. The van der Waals surface area contributed by atoms with Crippen LogP contribution in [0.1, 0.15) is 17.2 Å². The van der Waals surface area contributed by atoms with Crippen LogP contribution in [0.5, 0.6) is 0 Å². The molecule has 2 aromatic rings. The molecule has 0 spiro atoms. The van der Waals surface area contributed by atoms with Crippen LogP contribution in [0.4, 0.5) is 8.78 Å². The molecule has 94 valence electrons. The Balaban J connectivity index is 2.47. The van der Waals surface area contributed by atoms with Gasteiger partial charge in [-0.3, -0.25) is 0 Å². The Hall–Kier alpha value is -1.16. The molecule has 2 rings (SSSR count). The van der Waals surface area contributed by atoms with Gasteiger partial charge in [-0.15, -0.1) is 0 Å². The van der Waals surface area contributed by atoms with Gasteiger partial charge in [-0.2, -0.15) is 0 Å². The second-order valence-corrected chi connectivity index (χ2v) is 4.58. The predicted octanol–water partition coefficient (Wildman–Crippen LogP) is 4.35. The number of rotatable bonds is 2. The van der Waals surface area contributed by atoms with Crippen molar-refractivity contribution in [2.24, 2.45) is 0 Å². The van der Waals surface area contributed by atoms with E-state index in [0.717, 1.165) is 6.07 Å². The highest BCUT2D eigenvalue weighted by atomic mass is 35.5. The molecule has 18 heavy (non-hydrogen) atoms. The van der Waals surface area contributed by atoms with Crippen LogP contribution in [0.2, 0.25) is 10.0 Å². The predicted molar refractivity (Wildman–Crippen MR) is 66.9 cm³/mol. The van der Waals surface area contributed by atoms with E-state index < -0.39 is 17.7 Å². The van der Waals surface area contributed by atoms with Gasteiger partial charge >= 0.3 is 0 Å². The van der Waals surface area contributed by atoms with Crippen LogP contribution in [0.3, 0.4) is 0 Å². The molecule has 1 N–H and O–H groups in total. The molecule has 0 aliphatic heterocycles. The summed E-state index contributed by atoms with van der Waals surface area (Å²) < 4.78 is 26.3. The first-order chi connectivity index (χ1) is 8.49. The maximum Gasteiger partial charge on any atom is 0.132 e. The Kier molecular flexibility index (Phi) is 3.85. The highest BCUT2D eigenvalue weighted by Crippen LogP contribution is 2.31. The van der Waals surface area contributed by atoms with E-state index in [1.807, 2.05) is 0 Å². The minimum absolute atomic E-state index is 0.0550. The standard InChI is InChI=1S/C13H8Cl2F2O/c14-7-1-4-11(15)10(5-7)13(18)9-3-2-8(16)6-12(9)17/h1-6,13,18H. The van der Waals surface area contributed by atoms with E-state index in [0.29, 0.717) is 11.1 Å². The maximum absolute atomic E-state index is 13.5. The topological polar surface area (TPSA) is 20.2 Å². The smallest absolute Gasteiger partial charge is 0.132 e. The molecule has 5 heteroatoms. The molecule has 0 aliphatic rings. The van der Waals surface area contributed by atoms with Gasteiger partial charge in [-0.1, -0.05) is 29.3 Å². The lowest BCUT2D eigenvalue weighted by atomic mass is 10.0. The SMILES string of the molecule is OC(c1ccc(F)cc1F)c1cc(Cl)ccc1Cl. The molecule has 2 aromatic carbocycles. The molecule has 0 fully saturated rings. The summed E-state index contributed by atoms with van der Waals surface area (Å²) in [6, 6.07) is 7.45. The summed E-state index contributed by atoms with van der Waals surface area (Å²) in [6.07, 6.45) is -1.29. The molecule has 0 bridgehead atoms.